The van der Waals surface area contributed by atoms with Gasteiger partial charge in [0, 0.05) is 23.7 Å². The SMILES string of the molecule is CC(=O)[O-].COc1ccc(C2=C(C)C(=Nc3cnn(CCO)c3N)c3cccc[n+]32)cc1. The smallest absolute Gasteiger partial charge is 0.237 e. The van der Waals surface area contributed by atoms with Crippen LogP contribution in [0.4, 0.5) is 11.5 Å². The summed E-state index contributed by atoms with van der Waals surface area (Å²) in [6.07, 6.45) is 3.66. The van der Waals surface area contributed by atoms with Gasteiger partial charge in [-0.05, 0) is 44.2 Å². The largest absolute Gasteiger partial charge is 0.550 e. The highest BCUT2D eigenvalue weighted by molar-refractivity contribution is 6.17. The quantitative estimate of drug-likeness (QED) is 0.574. The molecule has 3 heterocycles. The number of nitrogens with zero attached hydrogens (tertiary/aromatic N) is 4. The number of fused-ring (bicyclic) bond motifs is 1. The monoisotopic (exact) mass is 435 g/mol. The number of ether oxygens (including phenoxy) is 1. The number of carboxylic acids is 1. The molecule has 1 aromatic carbocycles. The third kappa shape index (κ3) is 4.68. The minimum absolute atomic E-state index is 0.0267. The van der Waals surface area contributed by atoms with E-state index in [0.717, 1.165) is 40.9 Å². The molecule has 0 amide bonds. The number of carbonyl (C=O) groups is 1. The summed E-state index contributed by atoms with van der Waals surface area (Å²) in [5.41, 5.74) is 11.8. The molecule has 1 aliphatic rings. The Morgan fingerprint density at radius 3 is 2.59 bits per heavy atom. The highest BCUT2D eigenvalue weighted by atomic mass is 16.5. The number of aliphatic hydroxyl groups excluding tert-OH is 1. The Morgan fingerprint density at radius 2 is 1.97 bits per heavy atom. The van der Waals surface area contributed by atoms with E-state index in [1.54, 1.807) is 18.0 Å². The zero-order valence-electron chi connectivity index (χ0n) is 18.1. The summed E-state index contributed by atoms with van der Waals surface area (Å²) >= 11 is 0. The third-order valence-corrected chi connectivity index (χ3v) is 4.82. The molecule has 0 spiro atoms. The number of anilines is 1. The van der Waals surface area contributed by atoms with Gasteiger partial charge in [-0.15, -0.1) is 0 Å². The van der Waals surface area contributed by atoms with Crippen molar-refractivity contribution in [2.75, 3.05) is 19.5 Å². The summed E-state index contributed by atoms with van der Waals surface area (Å²) < 4.78 is 8.96. The molecule has 0 unspecified atom stereocenters. The van der Waals surface area contributed by atoms with Crippen LogP contribution in [0.15, 0.2) is 65.4 Å². The lowest BCUT2D eigenvalue weighted by Gasteiger charge is -2.02. The van der Waals surface area contributed by atoms with Crippen LogP contribution < -0.4 is 20.1 Å². The number of methoxy groups -OCH3 is 1. The highest BCUT2D eigenvalue weighted by Crippen LogP contribution is 2.30. The molecule has 0 aliphatic carbocycles. The van der Waals surface area contributed by atoms with E-state index in [4.69, 9.17) is 30.5 Å². The van der Waals surface area contributed by atoms with Crippen molar-refractivity contribution in [3.05, 3.63) is 71.7 Å². The molecular weight excluding hydrogens is 410 g/mol. The Balaban J connectivity index is 0.000000668. The fourth-order valence-electron chi connectivity index (χ4n) is 3.43. The maximum Gasteiger partial charge on any atom is 0.237 e. The number of hydrogen-bond donors (Lipinski definition) is 2. The van der Waals surface area contributed by atoms with Crippen LogP contribution in [0.5, 0.6) is 5.75 Å². The van der Waals surface area contributed by atoms with Gasteiger partial charge in [0.25, 0.3) is 0 Å². The van der Waals surface area contributed by atoms with Crippen molar-refractivity contribution in [1.29, 1.82) is 0 Å². The van der Waals surface area contributed by atoms with Gasteiger partial charge in [0.1, 0.15) is 23.0 Å². The van der Waals surface area contributed by atoms with Crippen molar-refractivity contribution in [3.63, 3.8) is 0 Å². The van der Waals surface area contributed by atoms with E-state index in [1.165, 1.54) is 0 Å². The molecule has 0 radical (unpaired) electrons. The molecule has 0 saturated carbocycles. The molecule has 9 heteroatoms. The molecule has 0 bridgehead atoms. The van der Waals surface area contributed by atoms with Crippen molar-refractivity contribution in [1.82, 2.24) is 9.78 Å². The summed E-state index contributed by atoms with van der Waals surface area (Å²) in [7, 11) is 1.66. The molecule has 3 aromatic rings. The number of nitrogens with two attached hydrogens (primary N) is 1. The second kappa shape index (κ2) is 9.88. The van der Waals surface area contributed by atoms with Crippen LogP contribution in [0.25, 0.3) is 5.70 Å². The molecule has 4 rings (SSSR count). The first-order valence-corrected chi connectivity index (χ1v) is 9.92. The summed E-state index contributed by atoms with van der Waals surface area (Å²) in [5.74, 6) is 0.172. The predicted molar refractivity (Wildman–Crippen MR) is 118 cm³/mol. The van der Waals surface area contributed by atoms with Gasteiger partial charge < -0.3 is 25.5 Å². The normalized spacial score (nSPS) is 13.6. The van der Waals surface area contributed by atoms with E-state index in [2.05, 4.69) is 16.6 Å². The van der Waals surface area contributed by atoms with Crippen LogP contribution in [0, 0.1) is 0 Å². The van der Waals surface area contributed by atoms with Crippen LogP contribution in [-0.4, -0.2) is 40.3 Å². The number of allylic oxidation sites excluding steroid dienone is 1. The number of aliphatic carboxylic acids is 1. The first-order valence-electron chi connectivity index (χ1n) is 9.92. The van der Waals surface area contributed by atoms with Gasteiger partial charge in [-0.25, -0.2) is 9.67 Å². The summed E-state index contributed by atoms with van der Waals surface area (Å²) in [5, 5.41) is 22.2. The van der Waals surface area contributed by atoms with Crippen molar-refractivity contribution < 1.29 is 24.3 Å². The molecule has 0 fully saturated rings. The van der Waals surface area contributed by atoms with Crippen molar-refractivity contribution in [2.24, 2.45) is 4.99 Å². The topological polar surface area (TPSA) is 130 Å². The van der Waals surface area contributed by atoms with Gasteiger partial charge in [-0.3, -0.25) is 0 Å². The Labute approximate surface area is 185 Å². The van der Waals surface area contributed by atoms with Crippen molar-refractivity contribution >= 4 is 28.9 Å². The number of nitrogen functional groups attached to an aromatic ring is 1. The van der Waals surface area contributed by atoms with E-state index in [9.17, 15) is 0 Å². The number of aromatic nitrogens is 3. The van der Waals surface area contributed by atoms with Crippen LogP contribution in [0.2, 0.25) is 0 Å². The standard InChI is InChI=1S/C21H21N5O2.C2H4O2/c1-14-19(24-17-13-23-26(11-12-27)21(17)22)18-5-3-4-10-25(18)20(14)15-6-8-16(28-2)9-7-15;1-2(3)4/h3-10,13,22,27H,11-12H2,1-2H3;1H3,(H,3,4). The molecule has 2 aromatic heterocycles. The Bertz CT molecular complexity index is 1180. The lowest BCUT2D eigenvalue weighted by Crippen LogP contribution is -2.34. The summed E-state index contributed by atoms with van der Waals surface area (Å²) in [6.45, 7) is 3.34. The molecule has 9 nitrogen and oxygen atoms in total. The van der Waals surface area contributed by atoms with E-state index < -0.39 is 5.97 Å². The highest BCUT2D eigenvalue weighted by Gasteiger charge is 2.34. The van der Waals surface area contributed by atoms with Crippen LogP contribution in [-0.2, 0) is 11.3 Å². The number of carboxylic acid groups (broad SMARTS) is 1. The van der Waals surface area contributed by atoms with Crippen LogP contribution in [0.1, 0.15) is 25.1 Å². The van der Waals surface area contributed by atoms with E-state index in [-0.39, 0.29) is 6.61 Å². The molecule has 166 valence electrons. The number of benzene rings is 1. The Kier molecular flexibility index (Phi) is 7.01. The number of aliphatic imine (C=N–C) groups is 1. The van der Waals surface area contributed by atoms with Gasteiger partial charge >= 0.3 is 0 Å². The summed E-state index contributed by atoms with van der Waals surface area (Å²) in [4.78, 5) is 13.7. The van der Waals surface area contributed by atoms with Gasteiger partial charge in [-0.2, -0.15) is 9.67 Å². The van der Waals surface area contributed by atoms with Crippen LogP contribution in [0.3, 0.4) is 0 Å². The fraction of sp³-hybridized carbons (Fsp3) is 0.217. The van der Waals surface area contributed by atoms with Gasteiger partial charge in [0.15, 0.2) is 6.20 Å². The fourth-order valence-corrected chi connectivity index (χ4v) is 3.43. The van der Waals surface area contributed by atoms with Crippen molar-refractivity contribution in [2.45, 2.75) is 20.4 Å². The minimum atomic E-state index is -1.08. The predicted octanol–water partition coefficient (Wildman–Crippen LogP) is 0.924. The molecule has 1 aliphatic heterocycles. The first-order chi connectivity index (χ1) is 15.4. The lowest BCUT2D eigenvalue weighted by atomic mass is 10.1. The zero-order valence-corrected chi connectivity index (χ0v) is 18.1. The van der Waals surface area contributed by atoms with E-state index in [1.807, 2.05) is 48.7 Å². The van der Waals surface area contributed by atoms with E-state index >= 15 is 0 Å². The van der Waals surface area contributed by atoms with E-state index in [0.29, 0.717) is 18.1 Å². The Morgan fingerprint density at radius 1 is 1.28 bits per heavy atom. The lowest BCUT2D eigenvalue weighted by molar-refractivity contribution is -0.577. The molecule has 3 N–H and O–H groups in total. The minimum Gasteiger partial charge on any atom is -0.550 e. The van der Waals surface area contributed by atoms with Gasteiger partial charge in [0.05, 0.1) is 32.0 Å². The maximum atomic E-state index is 9.14. The molecule has 0 saturated heterocycles. The third-order valence-electron chi connectivity index (χ3n) is 4.82. The van der Waals surface area contributed by atoms with Crippen molar-refractivity contribution in [3.8, 4) is 5.75 Å². The maximum absolute atomic E-state index is 9.14. The zero-order chi connectivity index (χ0) is 23.3. The number of carbonyl (C=O) groups excluding carboxylic acids is 1. The Hall–Kier alpha value is -3.98. The number of rotatable bonds is 5. The average Bonchev–Trinajstić information content (AvgIpc) is 3.26. The second-order valence-electron chi connectivity index (χ2n) is 6.97. The second-order valence-corrected chi connectivity index (χ2v) is 6.97. The molecule has 0 atom stereocenters. The first kappa shape index (κ1) is 22.7. The van der Waals surface area contributed by atoms with Crippen LogP contribution >= 0.6 is 0 Å². The summed E-state index contributed by atoms with van der Waals surface area (Å²) in [6, 6.07) is 14.0. The van der Waals surface area contributed by atoms with Gasteiger partial charge in [-0.1, -0.05) is 0 Å². The average molecular weight is 435 g/mol. The number of aliphatic hydroxyl groups is 1. The molecule has 32 heavy (non-hydrogen) atoms. The van der Waals surface area contributed by atoms with Gasteiger partial charge in [0.2, 0.25) is 11.4 Å². The molecular formula is C23H25N5O4. The number of hydrogen-bond acceptors (Lipinski definition) is 7. The number of pyridine rings is 1.